The van der Waals surface area contributed by atoms with Crippen molar-refractivity contribution in [2.45, 2.75) is 27.3 Å². The van der Waals surface area contributed by atoms with E-state index in [9.17, 15) is 4.79 Å². The van der Waals surface area contributed by atoms with Crippen molar-refractivity contribution in [3.8, 4) is 0 Å². The van der Waals surface area contributed by atoms with Crippen LogP contribution >= 0.6 is 0 Å². The van der Waals surface area contributed by atoms with Crippen LogP contribution in [0.25, 0.3) is 0 Å². The van der Waals surface area contributed by atoms with Crippen molar-refractivity contribution in [2.24, 2.45) is 0 Å². The summed E-state index contributed by atoms with van der Waals surface area (Å²) in [5.41, 5.74) is 3.97. The number of nitrogens with zero attached hydrogens (tertiary/aromatic N) is 3. The fourth-order valence-corrected chi connectivity index (χ4v) is 2.52. The molecule has 3 rings (SSSR count). The summed E-state index contributed by atoms with van der Waals surface area (Å²) in [4.78, 5) is 19.0. The molecule has 5 heteroatoms. The lowest BCUT2D eigenvalue weighted by atomic mass is 10.1. The molecular formula is C19H19N3O2. The van der Waals surface area contributed by atoms with E-state index < -0.39 is 0 Å². The Morgan fingerprint density at radius 2 is 1.83 bits per heavy atom. The lowest BCUT2D eigenvalue weighted by Gasteiger charge is -2.23. The quantitative estimate of drug-likeness (QED) is 0.732. The Hall–Kier alpha value is -2.95. The first-order valence-corrected chi connectivity index (χ1v) is 7.77. The van der Waals surface area contributed by atoms with Crippen LogP contribution in [0.1, 0.15) is 33.1 Å². The summed E-state index contributed by atoms with van der Waals surface area (Å²) < 4.78 is 5.23. The molecule has 0 fully saturated rings. The Kier molecular flexibility index (Phi) is 4.42. The zero-order chi connectivity index (χ0) is 17.1. The largest absolute Gasteiger partial charge is 0.361 e. The average Bonchev–Trinajstić information content (AvgIpc) is 2.92. The Morgan fingerprint density at radius 3 is 2.42 bits per heavy atom. The molecule has 0 radical (unpaired) electrons. The van der Waals surface area contributed by atoms with Crippen molar-refractivity contribution in [3.05, 3.63) is 76.9 Å². The first kappa shape index (κ1) is 15.9. The van der Waals surface area contributed by atoms with Gasteiger partial charge >= 0.3 is 0 Å². The second kappa shape index (κ2) is 6.66. The predicted octanol–water partition coefficient (Wildman–Crippen LogP) is 3.84. The van der Waals surface area contributed by atoms with E-state index in [4.69, 9.17) is 4.52 Å². The highest BCUT2D eigenvalue weighted by Crippen LogP contribution is 2.23. The van der Waals surface area contributed by atoms with Crippen LogP contribution in [0.2, 0.25) is 0 Å². The van der Waals surface area contributed by atoms with Crippen LogP contribution in [-0.2, 0) is 6.54 Å². The smallest absolute Gasteiger partial charge is 0.260 e. The summed E-state index contributed by atoms with van der Waals surface area (Å²) in [7, 11) is 0. The second-order valence-corrected chi connectivity index (χ2v) is 5.72. The van der Waals surface area contributed by atoms with E-state index in [1.165, 1.54) is 0 Å². The van der Waals surface area contributed by atoms with Gasteiger partial charge in [0.2, 0.25) is 0 Å². The van der Waals surface area contributed by atoms with Gasteiger partial charge < -0.3 is 9.42 Å². The number of carbonyl (C=O) groups is 1. The maximum atomic E-state index is 13.0. The third-order valence-corrected chi connectivity index (χ3v) is 3.97. The number of hydrogen-bond acceptors (Lipinski definition) is 4. The fraction of sp³-hybridized carbons (Fsp3) is 0.211. The van der Waals surface area contributed by atoms with Crippen molar-refractivity contribution < 1.29 is 9.32 Å². The number of amides is 1. The van der Waals surface area contributed by atoms with E-state index in [-0.39, 0.29) is 5.91 Å². The molecule has 0 unspecified atom stereocenters. The van der Waals surface area contributed by atoms with Gasteiger partial charge in [-0.25, -0.2) is 0 Å². The normalized spacial score (nSPS) is 10.6. The van der Waals surface area contributed by atoms with Crippen molar-refractivity contribution in [1.29, 1.82) is 0 Å². The van der Waals surface area contributed by atoms with Gasteiger partial charge in [0.1, 0.15) is 5.76 Å². The molecule has 0 spiro atoms. The van der Waals surface area contributed by atoms with E-state index in [0.717, 1.165) is 28.4 Å². The van der Waals surface area contributed by atoms with Gasteiger partial charge in [-0.2, -0.15) is 0 Å². The summed E-state index contributed by atoms with van der Waals surface area (Å²) in [6.45, 7) is 6.04. The third-order valence-electron chi connectivity index (χ3n) is 3.97. The monoisotopic (exact) mass is 321 g/mol. The van der Waals surface area contributed by atoms with E-state index in [0.29, 0.717) is 12.1 Å². The van der Waals surface area contributed by atoms with Crippen LogP contribution in [0.15, 0.2) is 53.2 Å². The van der Waals surface area contributed by atoms with Crippen molar-refractivity contribution in [3.63, 3.8) is 0 Å². The molecule has 0 bridgehead atoms. The maximum absolute atomic E-state index is 13.0. The minimum Gasteiger partial charge on any atom is -0.361 e. The minimum atomic E-state index is -0.103. The first-order chi connectivity index (χ1) is 11.6. The van der Waals surface area contributed by atoms with Crippen molar-refractivity contribution in [1.82, 2.24) is 10.1 Å². The zero-order valence-electron chi connectivity index (χ0n) is 14.0. The Bertz CT molecular complexity index is 819. The molecule has 0 aliphatic carbocycles. The number of rotatable bonds is 4. The number of aryl methyl sites for hydroxylation is 3. The summed E-state index contributed by atoms with van der Waals surface area (Å²) in [6, 6.07) is 13.2. The van der Waals surface area contributed by atoms with E-state index in [2.05, 4.69) is 10.1 Å². The highest BCUT2D eigenvalue weighted by atomic mass is 16.5. The minimum absolute atomic E-state index is 0.103. The Balaban J connectivity index is 1.99. The summed E-state index contributed by atoms with van der Waals surface area (Å²) in [5, 5.41) is 3.98. The van der Waals surface area contributed by atoms with Crippen LogP contribution in [0.3, 0.4) is 0 Å². The molecule has 1 amide bonds. The van der Waals surface area contributed by atoms with Crippen LogP contribution < -0.4 is 4.90 Å². The number of pyridine rings is 1. The molecule has 24 heavy (non-hydrogen) atoms. The first-order valence-electron chi connectivity index (χ1n) is 7.77. The molecular weight excluding hydrogens is 302 g/mol. The topological polar surface area (TPSA) is 59.2 Å². The predicted molar refractivity (Wildman–Crippen MR) is 91.9 cm³/mol. The summed E-state index contributed by atoms with van der Waals surface area (Å²) in [5.74, 6) is 0.622. The van der Waals surface area contributed by atoms with Crippen LogP contribution in [0.5, 0.6) is 0 Å². The second-order valence-electron chi connectivity index (χ2n) is 5.72. The van der Waals surface area contributed by atoms with Crippen LogP contribution in [-0.4, -0.2) is 16.0 Å². The van der Waals surface area contributed by atoms with Gasteiger partial charge in [-0.15, -0.1) is 0 Å². The van der Waals surface area contributed by atoms with Crippen molar-refractivity contribution in [2.75, 3.05) is 4.90 Å². The molecule has 0 aliphatic heterocycles. The molecule has 122 valence electrons. The van der Waals surface area contributed by atoms with Crippen LogP contribution in [0.4, 0.5) is 5.69 Å². The fourth-order valence-electron chi connectivity index (χ4n) is 2.52. The highest BCUT2D eigenvalue weighted by Gasteiger charge is 2.21. The lowest BCUT2D eigenvalue weighted by molar-refractivity contribution is 0.0984. The van der Waals surface area contributed by atoms with Gasteiger partial charge in [0.05, 0.1) is 17.8 Å². The van der Waals surface area contributed by atoms with E-state index in [1.807, 2.05) is 57.2 Å². The zero-order valence-corrected chi connectivity index (χ0v) is 14.0. The van der Waals surface area contributed by atoms with Gasteiger partial charge in [0, 0.05) is 23.1 Å². The highest BCUT2D eigenvalue weighted by molar-refractivity contribution is 6.05. The number of anilines is 1. The van der Waals surface area contributed by atoms with Gasteiger partial charge in [0.25, 0.3) is 5.91 Å². The van der Waals surface area contributed by atoms with Crippen molar-refractivity contribution >= 4 is 11.6 Å². The molecule has 0 saturated heterocycles. The van der Waals surface area contributed by atoms with Gasteiger partial charge in [-0.1, -0.05) is 23.4 Å². The molecule has 0 atom stereocenters. The van der Waals surface area contributed by atoms with Gasteiger partial charge in [-0.05, 0) is 45.0 Å². The maximum Gasteiger partial charge on any atom is 0.260 e. The SMILES string of the molecule is Cc1ccc(C(=O)N(Cc2c(C)noc2C)c2ccccc2)cn1. The van der Waals surface area contributed by atoms with E-state index >= 15 is 0 Å². The Labute approximate surface area is 140 Å². The molecule has 0 aliphatic rings. The molecule has 2 aromatic heterocycles. The van der Waals surface area contributed by atoms with Crippen LogP contribution in [0, 0.1) is 20.8 Å². The summed E-state index contributed by atoms with van der Waals surface area (Å²) in [6.07, 6.45) is 1.61. The molecule has 1 aromatic carbocycles. The molecule has 3 aromatic rings. The lowest BCUT2D eigenvalue weighted by Crippen LogP contribution is -2.30. The number of para-hydroxylation sites is 1. The van der Waals surface area contributed by atoms with Gasteiger partial charge in [0.15, 0.2) is 0 Å². The molecule has 0 N–H and O–H groups in total. The number of benzene rings is 1. The van der Waals surface area contributed by atoms with Gasteiger partial charge in [-0.3, -0.25) is 9.78 Å². The number of carbonyl (C=O) groups excluding carboxylic acids is 1. The average molecular weight is 321 g/mol. The molecule has 0 saturated carbocycles. The number of aromatic nitrogens is 2. The molecule has 2 heterocycles. The van der Waals surface area contributed by atoms with E-state index in [1.54, 1.807) is 17.2 Å². The Morgan fingerprint density at radius 1 is 1.08 bits per heavy atom. The molecule has 5 nitrogen and oxygen atoms in total. The third kappa shape index (κ3) is 3.20. The number of hydrogen-bond donors (Lipinski definition) is 0. The summed E-state index contributed by atoms with van der Waals surface area (Å²) >= 11 is 0. The standard InChI is InChI=1S/C19H19N3O2/c1-13-9-10-16(11-20-13)19(23)22(17-7-5-4-6-8-17)12-18-14(2)21-24-15(18)3/h4-11H,12H2,1-3H3.